The Bertz CT molecular complexity index is 474. The molecule has 2 rings (SSSR count). The molecular formula is C12H10Br2O2S. The molecule has 0 aliphatic rings. The first kappa shape index (κ1) is 13.1. The molecule has 0 radical (unpaired) electrons. The Hall–Kier alpha value is -0.360. The van der Waals surface area contributed by atoms with Crippen LogP contribution in [0.3, 0.4) is 0 Å². The summed E-state index contributed by atoms with van der Waals surface area (Å²) in [4.78, 5) is 1.18. The minimum Gasteiger partial charge on any atom is -0.486 e. The molecule has 0 fully saturated rings. The maximum Gasteiger partial charge on any atom is 0.148 e. The highest BCUT2D eigenvalue weighted by Crippen LogP contribution is 2.35. The first-order valence-electron chi connectivity index (χ1n) is 4.94. The molecule has 0 saturated heterocycles. The van der Waals surface area contributed by atoms with Crippen molar-refractivity contribution in [2.75, 3.05) is 0 Å². The number of hydrogen-bond donors (Lipinski definition) is 1. The van der Waals surface area contributed by atoms with Gasteiger partial charge < -0.3 is 9.84 Å². The molecule has 0 unspecified atom stereocenters. The van der Waals surface area contributed by atoms with Crippen molar-refractivity contribution >= 4 is 43.2 Å². The summed E-state index contributed by atoms with van der Waals surface area (Å²) >= 11 is 8.55. The molecule has 0 saturated carbocycles. The first-order chi connectivity index (χ1) is 8.20. The zero-order valence-corrected chi connectivity index (χ0v) is 12.8. The van der Waals surface area contributed by atoms with E-state index in [4.69, 9.17) is 9.84 Å². The summed E-state index contributed by atoms with van der Waals surface area (Å²) in [6, 6.07) is 7.75. The maximum atomic E-state index is 9.08. The van der Waals surface area contributed by atoms with Crippen LogP contribution in [0, 0.1) is 0 Å². The van der Waals surface area contributed by atoms with E-state index in [9.17, 15) is 0 Å². The van der Waals surface area contributed by atoms with Crippen LogP contribution in [0.4, 0.5) is 0 Å². The van der Waals surface area contributed by atoms with Gasteiger partial charge in [-0.1, -0.05) is 6.07 Å². The van der Waals surface area contributed by atoms with Crippen molar-refractivity contribution in [3.8, 4) is 5.75 Å². The lowest BCUT2D eigenvalue weighted by molar-refractivity contribution is 0.280. The van der Waals surface area contributed by atoms with Crippen molar-refractivity contribution in [1.82, 2.24) is 0 Å². The van der Waals surface area contributed by atoms with E-state index < -0.39 is 0 Å². The second kappa shape index (κ2) is 6.00. The van der Waals surface area contributed by atoms with Crippen LogP contribution in [0.1, 0.15) is 10.4 Å². The van der Waals surface area contributed by atoms with Gasteiger partial charge in [0.25, 0.3) is 0 Å². The Morgan fingerprint density at radius 3 is 2.47 bits per heavy atom. The predicted octanol–water partition coefficient (Wildman–Crippen LogP) is 4.34. The van der Waals surface area contributed by atoms with Gasteiger partial charge in [-0.05, 0) is 61.0 Å². The van der Waals surface area contributed by atoms with Crippen LogP contribution in [-0.4, -0.2) is 5.11 Å². The van der Waals surface area contributed by atoms with Gasteiger partial charge >= 0.3 is 0 Å². The van der Waals surface area contributed by atoms with Gasteiger partial charge in [-0.2, -0.15) is 0 Å². The molecule has 0 spiro atoms. The van der Waals surface area contributed by atoms with Gasteiger partial charge in [0.15, 0.2) is 0 Å². The zero-order chi connectivity index (χ0) is 12.3. The highest BCUT2D eigenvalue weighted by atomic mass is 79.9. The molecule has 0 atom stereocenters. The molecular weight excluding hydrogens is 368 g/mol. The fourth-order valence-electron chi connectivity index (χ4n) is 1.38. The Labute approximate surface area is 121 Å². The highest BCUT2D eigenvalue weighted by Gasteiger charge is 2.09. The van der Waals surface area contributed by atoms with E-state index in [-0.39, 0.29) is 6.61 Å². The molecule has 1 aromatic carbocycles. The van der Waals surface area contributed by atoms with Crippen molar-refractivity contribution in [2.24, 2.45) is 0 Å². The van der Waals surface area contributed by atoms with E-state index in [2.05, 4.69) is 31.9 Å². The zero-order valence-electron chi connectivity index (χ0n) is 8.82. The normalized spacial score (nSPS) is 10.5. The van der Waals surface area contributed by atoms with Crippen LogP contribution in [0.15, 0.2) is 38.6 Å². The Kier molecular flexibility index (Phi) is 4.62. The molecule has 5 heteroatoms. The smallest absolute Gasteiger partial charge is 0.148 e. The van der Waals surface area contributed by atoms with Gasteiger partial charge in [-0.3, -0.25) is 0 Å². The molecule has 2 aromatic rings. The first-order valence-corrected chi connectivity index (χ1v) is 7.41. The summed E-state index contributed by atoms with van der Waals surface area (Å²) < 4.78 is 7.43. The topological polar surface area (TPSA) is 29.5 Å². The standard InChI is InChI=1S/C12H10Br2O2S/c13-10-4-8(6-15)5-11(14)12(10)16-7-9-2-1-3-17-9/h1-5,15H,6-7H2. The maximum absolute atomic E-state index is 9.08. The molecule has 0 bridgehead atoms. The van der Waals surface area contributed by atoms with Gasteiger partial charge in [0.1, 0.15) is 12.4 Å². The summed E-state index contributed by atoms with van der Waals surface area (Å²) in [5.74, 6) is 0.760. The Morgan fingerprint density at radius 1 is 1.24 bits per heavy atom. The van der Waals surface area contributed by atoms with Crippen LogP contribution in [0.2, 0.25) is 0 Å². The monoisotopic (exact) mass is 376 g/mol. The summed E-state index contributed by atoms with van der Waals surface area (Å²) in [5.41, 5.74) is 0.840. The molecule has 0 aliphatic heterocycles. The largest absolute Gasteiger partial charge is 0.486 e. The summed E-state index contributed by atoms with van der Waals surface area (Å²) in [6.07, 6.45) is 0. The third-order valence-electron chi connectivity index (χ3n) is 2.18. The number of rotatable bonds is 4. The van der Waals surface area contributed by atoms with Crippen molar-refractivity contribution in [2.45, 2.75) is 13.2 Å². The fourth-order valence-corrected chi connectivity index (χ4v) is 3.51. The van der Waals surface area contributed by atoms with Crippen LogP contribution in [0.25, 0.3) is 0 Å². The van der Waals surface area contributed by atoms with Crippen LogP contribution in [-0.2, 0) is 13.2 Å². The number of aliphatic hydroxyl groups excluding tert-OH is 1. The highest BCUT2D eigenvalue weighted by molar-refractivity contribution is 9.11. The number of halogens is 2. The molecule has 1 aromatic heterocycles. The second-order valence-electron chi connectivity index (χ2n) is 3.41. The molecule has 2 nitrogen and oxygen atoms in total. The third kappa shape index (κ3) is 3.31. The number of thiophene rings is 1. The lowest BCUT2D eigenvalue weighted by Gasteiger charge is -2.10. The molecule has 90 valence electrons. The summed E-state index contributed by atoms with van der Waals surface area (Å²) in [5, 5.41) is 11.1. The van der Waals surface area contributed by atoms with Crippen LogP contribution in [0.5, 0.6) is 5.75 Å². The van der Waals surface area contributed by atoms with Gasteiger partial charge in [0, 0.05) is 4.88 Å². The number of benzene rings is 1. The molecule has 1 N–H and O–H groups in total. The minimum atomic E-state index is 0.0163. The van der Waals surface area contributed by atoms with Gasteiger partial charge in [0.05, 0.1) is 15.6 Å². The number of ether oxygens (including phenoxy) is 1. The number of aliphatic hydroxyl groups is 1. The third-order valence-corrected chi connectivity index (χ3v) is 4.21. The average molecular weight is 378 g/mol. The quantitative estimate of drug-likeness (QED) is 0.858. The summed E-state index contributed by atoms with van der Waals surface area (Å²) in [6.45, 7) is 0.565. The van der Waals surface area contributed by atoms with E-state index >= 15 is 0 Å². The average Bonchev–Trinajstić information content (AvgIpc) is 2.80. The minimum absolute atomic E-state index is 0.0163. The van der Waals surface area contributed by atoms with E-state index in [1.165, 1.54) is 4.88 Å². The van der Waals surface area contributed by atoms with Crippen molar-refractivity contribution in [3.05, 3.63) is 49.0 Å². The predicted molar refractivity (Wildman–Crippen MR) is 76.4 cm³/mol. The Balaban J connectivity index is 2.15. The molecule has 17 heavy (non-hydrogen) atoms. The fraction of sp³-hybridized carbons (Fsp3) is 0.167. The van der Waals surface area contributed by atoms with Gasteiger partial charge in [-0.15, -0.1) is 11.3 Å². The Morgan fingerprint density at radius 2 is 1.94 bits per heavy atom. The summed E-state index contributed by atoms with van der Waals surface area (Å²) in [7, 11) is 0. The SMILES string of the molecule is OCc1cc(Br)c(OCc2cccs2)c(Br)c1. The lowest BCUT2D eigenvalue weighted by atomic mass is 10.2. The van der Waals surface area contributed by atoms with Gasteiger partial charge in [0.2, 0.25) is 0 Å². The van der Waals surface area contributed by atoms with E-state index in [1.54, 1.807) is 11.3 Å². The van der Waals surface area contributed by atoms with Gasteiger partial charge in [-0.25, -0.2) is 0 Å². The van der Waals surface area contributed by atoms with Crippen molar-refractivity contribution in [3.63, 3.8) is 0 Å². The second-order valence-corrected chi connectivity index (χ2v) is 6.16. The molecule has 0 aliphatic carbocycles. The molecule has 0 amide bonds. The van der Waals surface area contributed by atoms with E-state index in [0.717, 1.165) is 20.3 Å². The van der Waals surface area contributed by atoms with E-state index in [1.807, 2.05) is 29.6 Å². The van der Waals surface area contributed by atoms with Crippen molar-refractivity contribution in [1.29, 1.82) is 0 Å². The van der Waals surface area contributed by atoms with Crippen LogP contribution >= 0.6 is 43.2 Å². The van der Waals surface area contributed by atoms with Crippen LogP contribution < -0.4 is 4.74 Å². The molecule has 1 heterocycles. The van der Waals surface area contributed by atoms with E-state index in [0.29, 0.717) is 6.61 Å². The number of hydrogen-bond acceptors (Lipinski definition) is 3. The lowest BCUT2D eigenvalue weighted by Crippen LogP contribution is -1.96. The van der Waals surface area contributed by atoms with Crippen molar-refractivity contribution < 1.29 is 9.84 Å².